The number of aliphatic hydroxyl groups is 1. The van der Waals surface area contributed by atoms with E-state index in [1.54, 1.807) is 6.20 Å². The molecule has 2 aliphatic rings. The van der Waals surface area contributed by atoms with Crippen molar-refractivity contribution in [3.05, 3.63) is 54.2 Å². The van der Waals surface area contributed by atoms with Crippen LogP contribution in [0.15, 0.2) is 48.7 Å². The van der Waals surface area contributed by atoms with Crippen LogP contribution in [0.3, 0.4) is 0 Å². The van der Waals surface area contributed by atoms with Gasteiger partial charge in [0.25, 0.3) is 0 Å². The monoisotopic (exact) mass is 547 g/mol. The molecule has 4 aromatic rings. The van der Waals surface area contributed by atoms with E-state index in [4.69, 9.17) is 9.72 Å². The standard InChI is InChI=1S/C27H33N9O2S/c37-18-19-6-8-21(9-7-19)29-24-14-20(17-35-10-12-38-13-11-35)15-25(30-24)31-27-28-16-23(39-27)26-32-34-36(33-26)22-4-2-1-3-5-22/h1-5,14-16,19,21,37H,6-13,17-18H2,(H2,28,29,30,31)/t19-,21-. The van der Waals surface area contributed by atoms with Crippen molar-refractivity contribution in [2.24, 2.45) is 5.92 Å². The molecule has 3 N–H and O–H groups in total. The van der Waals surface area contributed by atoms with Crippen molar-refractivity contribution >= 4 is 28.1 Å². The summed E-state index contributed by atoms with van der Waals surface area (Å²) in [7, 11) is 0. The zero-order valence-electron chi connectivity index (χ0n) is 21.7. The summed E-state index contributed by atoms with van der Waals surface area (Å²) in [6, 6.07) is 14.3. The smallest absolute Gasteiger partial charge is 0.216 e. The van der Waals surface area contributed by atoms with Gasteiger partial charge in [-0.1, -0.05) is 29.5 Å². The first-order valence-corrected chi connectivity index (χ1v) is 14.3. The molecule has 4 heterocycles. The number of hydrogen-bond acceptors (Lipinski definition) is 11. The van der Waals surface area contributed by atoms with Crippen LogP contribution in [-0.2, 0) is 11.3 Å². The minimum Gasteiger partial charge on any atom is -0.396 e. The average Bonchev–Trinajstić information content (AvgIpc) is 3.65. The van der Waals surface area contributed by atoms with E-state index in [2.05, 4.69) is 48.1 Å². The Morgan fingerprint density at radius 3 is 2.62 bits per heavy atom. The van der Waals surface area contributed by atoms with Gasteiger partial charge in [-0.15, -0.1) is 15.0 Å². The number of hydrogen-bond donors (Lipinski definition) is 3. The molecule has 1 saturated carbocycles. The second-order valence-corrected chi connectivity index (χ2v) is 11.1. The van der Waals surface area contributed by atoms with Crippen LogP contribution in [0.2, 0.25) is 0 Å². The molecule has 0 spiro atoms. The maximum Gasteiger partial charge on any atom is 0.216 e. The maximum absolute atomic E-state index is 9.49. The fourth-order valence-corrected chi connectivity index (χ4v) is 5.81. The lowest BCUT2D eigenvalue weighted by Crippen LogP contribution is -2.35. The molecular formula is C27H33N9O2S. The number of aromatic nitrogens is 6. The summed E-state index contributed by atoms with van der Waals surface area (Å²) in [6.45, 7) is 4.49. The number of morpholine rings is 1. The summed E-state index contributed by atoms with van der Waals surface area (Å²) in [5.41, 5.74) is 2.04. The van der Waals surface area contributed by atoms with Gasteiger partial charge in [0.05, 0.1) is 30.0 Å². The lowest BCUT2D eigenvalue weighted by molar-refractivity contribution is 0.0342. The van der Waals surface area contributed by atoms with Gasteiger partial charge >= 0.3 is 0 Å². The van der Waals surface area contributed by atoms with E-state index < -0.39 is 0 Å². The Morgan fingerprint density at radius 1 is 1.03 bits per heavy atom. The Bertz CT molecular complexity index is 1350. The molecule has 0 amide bonds. The summed E-state index contributed by atoms with van der Waals surface area (Å²) >= 11 is 1.46. The zero-order valence-corrected chi connectivity index (χ0v) is 22.6. The molecule has 2 fully saturated rings. The summed E-state index contributed by atoms with van der Waals surface area (Å²) in [6.07, 6.45) is 5.91. The summed E-state index contributed by atoms with van der Waals surface area (Å²) in [4.78, 5) is 14.2. The molecule has 12 heteroatoms. The predicted octanol–water partition coefficient (Wildman–Crippen LogP) is 3.72. The largest absolute Gasteiger partial charge is 0.396 e. The number of para-hydroxylation sites is 1. The van der Waals surface area contributed by atoms with Crippen LogP contribution in [0.4, 0.5) is 16.8 Å². The van der Waals surface area contributed by atoms with E-state index >= 15 is 0 Å². The number of nitrogens with zero attached hydrogens (tertiary/aromatic N) is 7. The van der Waals surface area contributed by atoms with Crippen LogP contribution in [0.5, 0.6) is 0 Å². The Labute approximate surface area is 231 Å². The third-order valence-corrected chi connectivity index (χ3v) is 8.12. The van der Waals surface area contributed by atoms with Gasteiger partial charge in [0.2, 0.25) is 5.82 Å². The molecule has 11 nitrogen and oxygen atoms in total. The first-order valence-electron chi connectivity index (χ1n) is 13.5. The molecule has 3 aromatic heterocycles. The second-order valence-electron chi connectivity index (χ2n) is 10.1. The maximum atomic E-state index is 9.49. The van der Waals surface area contributed by atoms with Crippen LogP contribution in [-0.4, -0.2) is 79.1 Å². The molecule has 1 aromatic carbocycles. The lowest BCUT2D eigenvalue weighted by Gasteiger charge is -2.29. The van der Waals surface area contributed by atoms with Gasteiger partial charge in [0, 0.05) is 32.3 Å². The molecule has 0 radical (unpaired) electrons. The highest BCUT2D eigenvalue weighted by atomic mass is 32.1. The molecular weight excluding hydrogens is 514 g/mol. The summed E-state index contributed by atoms with van der Waals surface area (Å²) in [5.74, 6) is 2.55. The molecule has 1 aliphatic heterocycles. The Balaban J connectivity index is 1.18. The van der Waals surface area contributed by atoms with E-state index in [1.165, 1.54) is 21.7 Å². The normalized spacial score (nSPS) is 20.1. The highest BCUT2D eigenvalue weighted by Crippen LogP contribution is 2.30. The van der Waals surface area contributed by atoms with E-state index in [0.717, 1.165) is 80.7 Å². The number of thiazole rings is 1. The van der Waals surface area contributed by atoms with Crippen molar-refractivity contribution in [2.45, 2.75) is 38.3 Å². The fourth-order valence-electron chi connectivity index (χ4n) is 5.06. The van der Waals surface area contributed by atoms with Crippen LogP contribution in [0.1, 0.15) is 31.2 Å². The van der Waals surface area contributed by atoms with Crippen LogP contribution >= 0.6 is 11.3 Å². The van der Waals surface area contributed by atoms with E-state index in [-0.39, 0.29) is 6.61 Å². The highest BCUT2D eigenvalue weighted by Gasteiger charge is 2.21. The van der Waals surface area contributed by atoms with Crippen LogP contribution in [0.25, 0.3) is 16.4 Å². The Morgan fingerprint density at radius 2 is 1.82 bits per heavy atom. The molecule has 204 valence electrons. The minimum absolute atomic E-state index is 0.280. The predicted molar refractivity (Wildman–Crippen MR) is 150 cm³/mol. The number of aliphatic hydroxyl groups excluding tert-OH is 1. The Hall–Kier alpha value is -3.45. The van der Waals surface area contributed by atoms with Crippen molar-refractivity contribution in [2.75, 3.05) is 43.5 Å². The number of pyridine rings is 1. The molecule has 0 atom stereocenters. The topological polar surface area (TPSA) is 126 Å². The van der Waals surface area contributed by atoms with Crippen molar-refractivity contribution in [3.8, 4) is 16.4 Å². The van der Waals surface area contributed by atoms with E-state index in [0.29, 0.717) is 22.9 Å². The van der Waals surface area contributed by atoms with Gasteiger partial charge in [-0.3, -0.25) is 4.90 Å². The Kier molecular flexibility index (Phi) is 8.05. The first-order chi connectivity index (χ1) is 19.2. The molecule has 0 unspecified atom stereocenters. The second kappa shape index (κ2) is 12.2. The highest BCUT2D eigenvalue weighted by molar-refractivity contribution is 7.18. The number of benzene rings is 1. The van der Waals surface area contributed by atoms with Crippen molar-refractivity contribution in [3.63, 3.8) is 0 Å². The van der Waals surface area contributed by atoms with Gasteiger partial charge in [-0.2, -0.15) is 0 Å². The van der Waals surface area contributed by atoms with Crippen LogP contribution in [0, 0.1) is 5.92 Å². The minimum atomic E-state index is 0.280. The molecule has 39 heavy (non-hydrogen) atoms. The number of tetrazole rings is 1. The quantitative estimate of drug-likeness (QED) is 0.285. The van der Waals surface area contributed by atoms with Crippen molar-refractivity contribution in [1.29, 1.82) is 0 Å². The number of rotatable bonds is 9. The molecule has 0 bridgehead atoms. The van der Waals surface area contributed by atoms with Gasteiger partial charge < -0.3 is 20.5 Å². The van der Waals surface area contributed by atoms with Gasteiger partial charge in [-0.25, -0.2) is 9.97 Å². The third-order valence-electron chi connectivity index (χ3n) is 7.21. The van der Waals surface area contributed by atoms with Gasteiger partial charge in [-0.05, 0) is 66.6 Å². The van der Waals surface area contributed by atoms with Crippen molar-refractivity contribution in [1.82, 2.24) is 35.1 Å². The van der Waals surface area contributed by atoms with E-state index in [9.17, 15) is 5.11 Å². The molecule has 1 aliphatic carbocycles. The molecule has 1 saturated heterocycles. The SMILES string of the molecule is OC[C@H]1CC[C@H](Nc2cc(CN3CCOCC3)cc(Nc3ncc(-c4nnn(-c5ccccc5)n4)s3)n2)CC1. The third kappa shape index (κ3) is 6.59. The lowest BCUT2D eigenvalue weighted by atomic mass is 9.86. The average molecular weight is 548 g/mol. The van der Waals surface area contributed by atoms with Crippen LogP contribution < -0.4 is 10.6 Å². The summed E-state index contributed by atoms with van der Waals surface area (Å²) in [5, 5.41) is 30.2. The first kappa shape index (κ1) is 25.8. The van der Waals surface area contributed by atoms with E-state index in [1.807, 2.05) is 30.3 Å². The summed E-state index contributed by atoms with van der Waals surface area (Å²) < 4.78 is 5.53. The van der Waals surface area contributed by atoms with Crippen molar-refractivity contribution < 1.29 is 9.84 Å². The van der Waals surface area contributed by atoms with Gasteiger partial charge in [0.15, 0.2) is 5.13 Å². The zero-order chi connectivity index (χ0) is 26.4. The molecule has 6 rings (SSSR count). The number of ether oxygens (including phenoxy) is 1. The number of nitrogens with one attached hydrogen (secondary N) is 2. The number of anilines is 3. The fraction of sp³-hybridized carbons (Fsp3) is 0.444. The van der Waals surface area contributed by atoms with Gasteiger partial charge in [0.1, 0.15) is 11.6 Å².